The summed E-state index contributed by atoms with van der Waals surface area (Å²) in [6.07, 6.45) is 0. The van der Waals surface area contributed by atoms with E-state index in [4.69, 9.17) is 27.9 Å². The lowest BCUT2D eigenvalue weighted by Gasteiger charge is -2.15. The fourth-order valence-corrected chi connectivity index (χ4v) is 2.35. The Morgan fingerprint density at radius 3 is 2.64 bits per heavy atom. The van der Waals surface area contributed by atoms with Crippen molar-refractivity contribution >= 4 is 34.8 Å². The molecular weight excluding hydrogens is 374 g/mol. The van der Waals surface area contributed by atoms with Crippen molar-refractivity contribution in [3.63, 3.8) is 0 Å². The number of carbonyl (C=O) groups excluding carboxylic acids is 1. The normalized spacial score (nSPS) is 11.7. The standard InChI is InChI=1S/C16H13Cl2FN2O4/c1-9(10-2-4-12(17)13(18)6-10)20-16(22)8-25-15-7-11(19)3-5-14(15)21(23)24/h2-7,9H,8H2,1H3,(H,20,22)/t9-/m1/s1. The molecule has 9 heteroatoms. The Kier molecular flexibility index (Phi) is 6.17. The average Bonchev–Trinajstić information content (AvgIpc) is 2.55. The molecule has 0 aliphatic rings. The summed E-state index contributed by atoms with van der Waals surface area (Å²) >= 11 is 11.8. The Bertz CT molecular complexity index is 817. The summed E-state index contributed by atoms with van der Waals surface area (Å²) in [6, 6.07) is 7.30. The van der Waals surface area contributed by atoms with Gasteiger partial charge in [0.25, 0.3) is 5.91 Å². The fourth-order valence-electron chi connectivity index (χ4n) is 2.05. The van der Waals surface area contributed by atoms with E-state index in [0.29, 0.717) is 10.0 Å². The molecule has 2 rings (SSSR count). The highest BCUT2D eigenvalue weighted by molar-refractivity contribution is 6.42. The quantitative estimate of drug-likeness (QED) is 0.592. The summed E-state index contributed by atoms with van der Waals surface area (Å²) in [4.78, 5) is 22.1. The SMILES string of the molecule is C[C@@H](NC(=O)COc1cc(F)ccc1[N+](=O)[O-])c1ccc(Cl)c(Cl)c1. The van der Waals surface area contributed by atoms with Gasteiger partial charge in [-0.1, -0.05) is 29.3 Å². The van der Waals surface area contributed by atoms with Crippen molar-refractivity contribution in [2.24, 2.45) is 0 Å². The van der Waals surface area contributed by atoms with Crippen LogP contribution in [-0.4, -0.2) is 17.4 Å². The zero-order valence-electron chi connectivity index (χ0n) is 13.0. The van der Waals surface area contributed by atoms with Crippen LogP contribution in [0, 0.1) is 15.9 Å². The van der Waals surface area contributed by atoms with Crippen LogP contribution >= 0.6 is 23.2 Å². The van der Waals surface area contributed by atoms with Crippen LogP contribution in [0.1, 0.15) is 18.5 Å². The molecule has 0 unspecified atom stereocenters. The van der Waals surface area contributed by atoms with E-state index in [9.17, 15) is 19.3 Å². The highest BCUT2D eigenvalue weighted by Gasteiger charge is 2.18. The zero-order chi connectivity index (χ0) is 18.6. The fraction of sp³-hybridized carbons (Fsp3) is 0.188. The number of halogens is 3. The Labute approximate surface area is 152 Å². The molecule has 0 aliphatic heterocycles. The molecule has 0 saturated carbocycles. The monoisotopic (exact) mass is 386 g/mol. The van der Waals surface area contributed by atoms with Crippen molar-refractivity contribution in [3.8, 4) is 5.75 Å². The predicted octanol–water partition coefficient (Wildman–Crippen LogP) is 4.30. The minimum Gasteiger partial charge on any atom is -0.477 e. The number of rotatable bonds is 6. The van der Waals surface area contributed by atoms with Crippen molar-refractivity contribution in [2.75, 3.05) is 6.61 Å². The van der Waals surface area contributed by atoms with Crippen LogP contribution in [0.15, 0.2) is 36.4 Å². The second kappa shape index (κ2) is 8.13. The van der Waals surface area contributed by atoms with Crippen molar-refractivity contribution in [3.05, 3.63) is 67.9 Å². The number of hydrogen-bond donors (Lipinski definition) is 1. The molecule has 132 valence electrons. The third-order valence-corrected chi connectivity index (χ3v) is 4.04. The van der Waals surface area contributed by atoms with Crippen molar-refractivity contribution < 1.29 is 18.8 Å². The number of amides is 1. The van der Waals surface area contributed by atoms with Gasteiger partial charge in [0, 0.05) is 12.1 Å². The van der Waals surface area contributed by atoms with E-state index >= 15 is 0 Å². The van der Waals surface area contributed by atoms with Gasteiger partial charge < -0.3 is 10.1 Å². The molecule has 25 heavy (non-hydrogen) atoms. The minimum absolute atomic E-state index is 0.317. The highest BCUT2D eigenvalue weighted by Crippen LogP contribution is 2.28. The van der Waals surface area contributed by atoms with E-state index < -0.39 is 35.0 Å². The number of carbonyl (C=O) groups is 1. The molecule has 0 aromatic heterocycles. The van der Waals surface area contributed by atoms with E-state index in [1.165, 1.54) is 0 Å². The first-order valence-electron chi connectivity index (χ1n) is 7.09. The van der Waals surface area contributed by atoms with E-state index in [1.807, 2.05) is 0 Å². The Morgan fingerprint density at radius 1 is 1.28 bits per heavy atom. The number of benzene rings is 2. The zero-order valence-corrected chi connectivity index (χ0v) is 14.5. The first-order valence-corrected chi connectivity index (χ1v) is 7.84. The second-order valence-corrected chi connectivity index (χ2v) is 5.93. The van der Waals surface area contributed by atoms with E-state index in [0.717, 1.165) is 23.8 Å². The summed E-state index contributed by atoms with van der Waals surface area (Å²) < 4.78 is 18.3. The third kappa shape index (κ3) is 5.04. The maximum absolute atomic E-state index is 13.2. The lowest BCUT2D eigenvalue weighted by Crippen LogP contribution is -2.31. The van der Waals surface area contributed by atoms with Crippen LogP contribution in [0.4, 0.5) is 10.1 Å². The third-order valence-electron chi connectivity index (χ3n) is 3.30. The average molecular weight is 387 g/mol. The molecule has 1 amide bonds. The number of hydrogen-bond acceptors (Lipinski definition) is 4. The second-order valence-electron chi connectivity index (χ2n) is 5.12. The lowest BCUT2D eigenvalue weighted by molar-refractivity contribution is -0.385. The molecule has 6 nitrogen and oxygen atoms in total. The Hall–Kier alpha value is -2.38. The van der Waals surface area contributed by atoms with Gasteiger partial charge in [-0.15, -0.1) is 0 Å². The van der Waals surface area contributed by atoms with Crippen LogP contribution in [0.5, 0.6) is 5.75 Å². The van der Waals surface area contributed by atoms with Gasteiger partial charge in [-0.3, -0.25) is 14.9 Å². The summed E-state index contributed by atoms with van der Waals surface area (Å²) in [7, 11) is 0. The molecule has 0 fully saturated rings. The summed E-state index contributed by atoms with van der Waals surface area (Å²) in [6.45, 7) is 1.22. The summed E-state index contributed by atoms with van der Waals surface area (Å²) in [5, 5.41) is 14.3. The summed E-state index contributed by atoms with van der Waals surface area (Å²) in [5.41, 5.74) is 0.297. The Balaban J connectivity index is 2.00. The number of ether oxygens (including phenoxy) is 1. The maximum atomic E-state index is 13.2. The van der Waals surface area contributed by atoms with Crippen LogP contribution in [-0.2, 0) is 4.79 Å². The van der Waals surface area contributed by atoms with Gasteiger partial charge in [-0.2, -0.15) is 0 Å². The lowest BCUT2D eigenvalue weighted by atomic mass is 10.1. The van der Waals surface area contributed by atoms with Gasteiger partial charge in [0.15, 0.2) is 6.61 Å². The van der Waals surface area contributed by atoms with Crippen LogP contribution in [0.3, 0.4) is 0 Å². The molecule has 0 saturated heterocycles. The van der Waals surface area contributed by atoms with Gasteiger partial charge in [0.1, 0.15) is 5.82 Å². The molecule has 2 aromatic rings. The molecule has 2 aromatic carbocycles. The van der Waals surface area contributed by atoms with Gasteiger partial charge in [-0.05, 0) is 30.7 Å². The van der Waals surface area contributed by atoms with Gasteiger partial charge in [0.2, 0.25) is 5.75 Å². The number of nitrogens with zero attached hydrogens (tertiary/aromatic N) is 1. The van der Waals surface area contributed by atoms with Crippen LogP contribution in [0.2, 0.25) is 10.0 Å². The molecule has 1 N–H and O–H groups in total. The van der Waals surface area contributed by atoms with Gasteiger partial charge in [-0.25, -0.2) is 4.39 Å². The smallest absolute Gasteiger partial charge is 0.311 e. The number of nitro benzene ring substituents is 1. The van der Waals surface area contributed by atoms with Crippen molar-refractivity contribution in [2.45, 2.75) is 13.0 Å². The number of nitrogens with one attached hydrogen (secondary N) is 1. The van der Waals surface area contributed by atoms with E-state index in [2.05, 4.69) is 5.32 Å². The van der Waals surface area contributed by atoms with Crippen LogP contribution in [0.25, 0.3) is 0 Å². The largest absolute Gasteiger partial charge is 0.477 e. The topological polar surface area (TPSA) is 81.5 Å². The highest BCUT2D eigenvalue weighted by atomic mass is 35.5. The molecule has 1 atom stereocenters. The first-order chi connectivity index (χ1) is 11.8. The molecule has 0 heterocycles. The van der Waals surface area contributed by atoms with Crippen LogP contribution < -0.4 is 10.1 Å². The predicted molar refractivity (Wildman–Crippen MR) is 91.6 cm³/mol. The summed E-state index contributed by atoms with van der Waals surface area (Å²) in [5.74, 6) is -1.55. The first kappa shape index (κ1) is 19.0. The molecule has 0 radical (unpaired) electrons. The van der Waals surface area contributed by atoms with E-state index in [1.54, 1.807) is 25.1 Å². The Morgan fingerprint density at radius 2 is 2.00 bits per heavy atom. The molecule has 0 bridgehead atoms. The molecule has 0 aliphatic carbocycles. The van der Waals surface area contributed by atoms with Crippen molar-refractivity contribution in [1.82, 2.24) is 5.32 Å². The molecular formula is C16H13Cl2FN2O4. The van der Waals surface area contributed by atoms with Crippen molar-refractivity contribution in [1.29, 1.82) is 0 Å². The van der Waals surface area contributed by atoms with Gasteiger partial charge in [0.05, 0.1) is 21.0 Å². The number of nitro groups is 1. The maximum Gasteiger partial charge on any atom is 0.311 e. The van der Waals surface area contributed by atoms with E-state index in [-0.39, 0.29) is 5.75 Å². The van der Waals surface area contributed by atoms with Gasteiger partial charge >= 0.3 is 5.69 Å². The minimum atomic E-state index is -0.717. The molecule has 0 spiro atoms.